The van der Waals surface area contributed by atoms with E-state index in [1.807, 2.05) is 13.8 Å². The third kappa shape index (κ3) is 4.90. The van der Waals surface area contributed by atoms with E-state index in [4.69, 9.17) is 14.0 Å². The normalized spacial score (nSPS) is 14.7. The molecular formula is C20H25N3O6. The molecule has 1 saturated carbocycles. The maximum absolute atomic E-state index is 12.7. The molecule has 1 fully saturated rings. The highest BCUT2D eigenvalue weighted by atomic mass is 16.5. The summed E-state index contributed by atoms with van der Waals surface area (Å²) in [6.07, 6.45) is 2.43. The van der Waals surface area contributed by atoms with Crippen molar-refractivity contribution >= 4 is 28.9 Å². The first kappa shape index (κ1) is 20.8. The summed E-state index contributed by atoms with van der Waals surface area (Å²) in [6, 6.07) is 0.890. The number of hydrogen-bond donors (Lipinski definition) is 1. The van der Waals surface area contributed by atoms with Crippen molar-refractivity contribution in [3.63, 3.8) is 0 Å². The van der Waals surface area contributed by atoms with Gasteiger partial charge in [-0.3, -0.25) is 4.79 Å². The fourth-order valence-corrected chi connectivity index (χ4v) is 3.14. The Morgan fingerprint density at radius 2 is 2.03 bits per heavy atom. The number of esters is 2. The van der Waals surface area contributed by atoms with Crippen molar-refractivity contribution in [1.82, 2.24) is 15.5 Å². The average Bonchev–Trinajstić information content (AvgIpc) is 3.47. The minimum absolute atomic E-state index is 0.171. The molecule has 1 atom stereocenters. The highest BCUT2D eigenvalue weighted by Gasteiger charge is 2.29. The molecule has 1 aliphatic rings. The smallest absolute Gasteiger partial charge is 0.339 e. The summed E-state index contributed by atoms with van der Waals surface area (Å²) in [6.45, 7) is 5.04. The minimum Gasteiger partial charge on any atom is -0.467 e. The van der Waals surface area contributed by atoms with Gasteiger partial charge in [0, 0.05) is 11.6 Å². The van der Waals surface area contributed by atoms with Crippen molar-refractivity contribution in [2.45, 2.75) is 52.0 Å². The van der Waals surface area contributed by atoms with Gasteiger partial charge in [0.05, 0.1) is 23.8 Å². The van der Waals surface area contributed by atoms with Crippen molar-refractivity contribution in [1.29, 1.82) is 0 Å². The van der Waals surface area contributed by atoms with Gasteiger partial charge in [-0.05, 0) is 38.2 Å². The number of hydrogen-bond acceptors (Lipinski definition) is 8. The van der Waals surface area contributed by atoms with Gasteiger partial charge in [-0.15, -0.1) is 0 Å². The molecule has 9 nitrogen and oxygen atoms in total. The number of fused-ring (bicyclic) bond motifs is 1. The fraction of sp³-hybridized carbons (Fsp3) is 0.550. The van der Waals surface area contributed by atoms with Gasteiger partial charge in [0.1, 0.15) is 6.04 Å². The molecule has 0 aromatic carbocycles. The standard InChI is InChI=1S/C20H25N3O6/c1-10(2)7-15(20(26)27-4)21-16(24)9-28-19(25)13-8-14(12-5-6-12)22-18-17(13)11(3)23-29-18/h8,10,12,15H,5-7,9H2,1-4H3,(H,21,24)/t15-/m1/s1. The maximum atomic E-state index is 12.7. The van der Waals surface area contributed by atoms with Crippen LogP contribution in [-0.4, -0.2) is 47.7 Å². The van der Waals surface area contributed by atoms with Crippen LogP contribution >= 0.6 is 0 Å². The lowest BCUT2D eigenvalue weighted by atomic mass is 10.0. The summed E-state index contributed by atoms with van der Waals surface area (Å²) in [4.78, 5) is 41.1. The zero-order valence-electron chi connectivity index (χ0n) is 17.0. The number of aromatic nitrogens is 2. The van der Waals surface area contributed by atoms with Crippen LogP contribution in [0.25, 0.3) is 11.1 Å². The molecule has 0 bridgehead atoms. The quantitative estimate of drug-likeness (QED) is 0.667. The average molecular weight is 403 g/mol. The predicted octanol–water partition coefficient (Wildman–Crippen LogP) is 2.27. The molecule has 3 rings (SSSR count). The van der Waals surface area contributed by atoms with Gasteiger partial charge in [-0.1, -0.05) is 19.0 Å². The zero-order chi connectivity index (χ0) is 21.1. The third-order valence-corrected chi connectivity index (χ3v) is 4.71. The van der Waals surface area contributed by atoms with E-state index in [9.17, 15) is 14.4 Å². The second-order valence-electron chi connectivity index (χ2n) is 7.67. The molecule has 9 heteroatoms. The maximum Gasteiger partial charge on any atom is 0.339 e. The largest absolute Gasteiger partial charge is 0.467 e. The molecule has 0 aliphatic heterocycles. The van der Waals surface area contributed by atoms with Gasteiger partial charge >= 0.3 is 11.9 Å². The lowest BCUT2D eigenvalue weighted by molar-refractivity contribution is -0.145. The number of rotatable bonds is 8. The Labute approximate surface area is 168 Å². The lowest BCUT2D eigenvalue weighted by Gasteiger charge is -2.18. The van der Waals surface area contributed by atoms with Gasteiger partial charge in [-0.2, -0.15) is 0 Å². The zero-order valence-corrected chi connectivity index (χ0v) is 17.0. The van der Waals surface area contributed by atoms with Gasteiger partial charge in [0.25, 0.3) is 11.6 Å². The number of carbonyl (C=O) groups excluding carboxylic acids is 3. The van der Waals surface area contributed by atoms with Crippen molar-refractivity contribution in [2.24, 2.45) is 5.92 Å². The Bertz CT molecular complexity index is 932. The highest BCUT2D eigenvalue weighted by molar-refractivity contribution is 6.03. The second kappa shape index (κ2) is 8.59. The van der Waals surface area contributed by atoms with E-state index < -0.39 is 30.5 Å². The van der Waals surface area contributed by atoms with E-state index in [1.165, 1.54) is 7.11 Å². The van der Waals surface area contributed by atoms with Crippen LogP contribution in [0.3, 0.4) is 0 Å². The summed E-state index contributed by atoms with van der Waals surface area (Å²) in [7, 11) is 1.26. The fourth-order valence-electron chi connectivity index (χ4n) is 3.14. The van der Waals surface area contributed by atoms with Crippen molar-refractivity contribution in [3.8, 4) is 0 Å². The van der Waals surface area contributed by atoms with Crippen molar-refractivity contribution in [3.05, 3.63) is 23.0 Å². The van der Waals surface area contributed by atoms with E-state index in [2.05, 4.69) is 15.5 Å². The molecule has 1 aliphatic carbocycles. The van der Waals surface area contributed by atoms with Crippen LogP contribution in [0.4, 0.5) is 0 Å². The molecule has 156 valence electrons. The van der Waals surface area contributed by atoms with Gasteiger partial charge in [0.2, 0.25) is 0 Å². The second-order valence-corrected chi connectivity index (χ2v) is 7.67. The summed E-state index contributed by atoms with van der Waals surface area (Å²) < 4.78 is 15.1. The molecule has 2 aromatic rings. The monoisotopic (exact) mass is 403 g/mol. The van der Waals surface area contributed by atoms with Crippen LogP contribution in [0.2, 0.25) is 0 Å². The molecule has 0 radical (unpaired) electrons. The molecule has 0 spiro atoms. The van der Waals surface area contributed by atoms with Crippen LogP contribution in [0, 0.1) is 12.8 Å². The summed E-state index contributed by atoms with van der Waals surface area (Å²) in [5.74, 6) is -1.31. The van der Waals surface area contributed by atoms with Crippen LogP contribution < -0.4 is 5.32 Å². The SMILES string of the molecule is COC(=O)[C@@H](CC(C)C)NC(=O)COC(=O)c1cc(C2CC2)nc2onc(C)c12. The number of aryl methyl sites for hydroxylation is 1. The van der Waals surface area contributed by atoms with E-state index in [1.54, 1.807) is 13.0 Å². The molecule has 2 heterocycles. The van der Waals surface area contributed by atoms with Crippen LogP contribution in [0.15, 0.2) is 10.6 Å². The summed E-state index contributed by atoms with van der Waals surface area (Å²) in [5.41, 5.74) is 1.84. The van der Waals surface area contributed by atoms with Crippen LogP contribution in [0.1, 0.15) is 60.8 Å². The first-order chi connectivity index (χ1) is 13.8. The molecule has 29 heavy (non-hydrogen) atoms. The number of nitrogens with one attached hydrogen (secondary N) is 1. The topological polar surface area (TPSA) is 121 Å². The lowest BCUT2D eigenvalue weighted by Crippen LogP contribution is -2.44. The van der Waals surface area contributed by atoms with Crippen LogP contribution in [0.5, 0.6) is 0 Å². The molecule has 1 N–H and O–H groups in total. The Hall–Kier alpha value is -2.97. The van der Waals surface area contributed by atoms with E-state index in [0.29, 0.717) is 23.4 Å². The molecule has 1 amide bonds. The minimum atomic E-state index is -0.791. The number of ether oxygens (including phenoxy) is 2. The first-order valence-corrected chi connectivity index (χ1v) is 9.61. The number of methoxy groups -OCH3 is 1. The van der Waals surface area contributed by atoms with Gasteiger partial charge in [-0.25, -0.2) is 14.6 Å². The van der Waals surface area contributed by atoms with Crippen molar-refractivity contribution < 1.29 is 28.4 Å². The molecule has 0 saturated heterocycles. The number of carbonyl (C=O) groups is 3. The Morgan fingerprint density at radius 3 is 2.66 bits per heavy atom. The Balaban J connectivity index is 1.69. The molecule has 2 aromatic heterocycles. The Kier molecular flexibility index (Phi) is 6.14. The Morgan fingerprint density at radius 1 is 1.31 bits per heavy atom. The summed E-state index contributed by atoms with van der Waals surface area (Å²) in [5, 5.41) is 6.91. The third-order valence-electron chi connectivity index (χ3n) is 4.71. The highest BCUT2D eigenvalue weighted by Crippen LogP contribution is 2.40. The summed E-state index contributed by atoms with van der Waals surface area (Å²) >= 11 is 0. The van der Waals surface area contributed by atoms with Crippen LogP contribution in [-0.2, 0) is 19.1 Å². The van der Waals surface area contributed by atoms with E-state index in [-0.39, 0.29) is 17.2 Å². The number of amides is 1. The first-order valence-electron chi connectivity index (χ1n) is 9.61. The predicted molar refractivity (Wildman–Crippen MR) is 102 cm³/mol. The van der Waals surface area contributed by atoms with Gasteiger partial charge < -0.3 is 19.3 Å². The molecular weight excluding hydrogens is 378 g/mol. The van der Waals surface area contributed by atoms with Crippen molar-refractivity contribution in [2.75, 3.05) is 13.7 Å². The van der Waals surface area contributed by atoms with Gasteiger partial charge in [0.15, 0.2) is 6.61 Å². The number of pyridine rings is 1. The van der Waals surface area contributed by atoms with E-state index in [0.717, 1.165) is 18.5 Å². The van der Waals surface area contributed by atoms with E-state index >= 15 is 0 Å². The number of nitrogens with zero attached hydrogens (tertiary/aromatic N) is 2. The molecule has 0 unspecified atom stereocenters.